The molecule has 1 saturated carbocycles. The van der Waals surface area contributed by atoms with Crippen LogP contribution >= 0.6 is 0 Å². The first-order valence-electron chi connectivity index (χ1n) is 8.63. The van der Waals surface area contributed by atoms with Crippen molar-refractivity contribution in [2.45, 2.75) is 71.4 Å². The Bertz CT molecular complexity index is 422. The molecule has 21 heavy (non-hydrogen) atoms. The van der Waals surface area contributed by atoms with Crippen molar-refractivity contribution in [2.24, 2.45) is 0 Å². The third-order valence-electron chi connectivity index (χ3n) is 4.68. The molecule has 1 atom stereocenters. The van der Waals surface area contributed by atoms with Crippen LogP contribution in [0.15, 0.2) is 18.2 Å². The number of nitrogens with one attached hydrogen (secondary N) is 1. The van der Waals surface area contributed by atoms with Crippen LogP contribution < -0.4 is 5.32 Å². The highest BCUT2D eigenvalue weighted by atomic mass is 16.5. The van der Waals surface area contributed by atoms with Crippen LogP contribution in [-0.4, -0.2) is 19.3 Å². The van der Waals surface area contributed by atoms with Crippen LogP contribution in [0.1, 0.15) is 68.2 Å². The second-order valence-electron chi connectivity index (χ2n) is 6.40. The molecule has 0 amide bonds. The molecule has 0 radical (unpaired) electrons. The number of hydrogen-bond acceptors (Lipinski definition) is 2. The van der Waals surface area contributed by atoms with Crippen molar-refractivity contribution in [1.82, 2.24) is 5.32 Å². The summed E-state index contributed by atoms with van der Waals surface area (Å²) in [7, 11) is 0. The summed E-state index contributed by atoms with van der Waals surface area (Å²) in [4.78, 5) is 0. The van der Waals surface area contributed by atoms with Crippen LogP contribution in [-0.2, 0) is 4.74 Å². The second-order valence-corrected chi connectivity index (χ2v) is 6.40. The molecule has 0 spiro atoms. The molecular weight excluding hydrogens is 258 g/mol. The average Bonchev–Trinajstić information content (AvgIpc) is 2.75. The summed E-state index contributed by atoms with van der Waals surface area (Å²) in [6.07, 6.45) is 8.39. The van der Waals surface area contributed by atoms with E-state index < -0.39 is 0 Å². The van der Waals surface area contributed by atoms with Gasteiger partial charge in [0, 0.05) is 0 Å². The van der Waals surface area contributed by atoms with Crippen molar-refractivity contribution in [1.29, 1.82) is 0 Å². The van der Waals surface area contributed by atoms with Gasteiger partial charge in [0.1, 0.15) is 0 Å². The van der Waals surface area contributed by atoms with E-state index in [4.69, 9.17) is 4.74 Å². The molecule has 1 aromatic carbocycles. The van der Waals surface area contributed by atoms with Crippen LogP contribution in [0, 0.1) is 13.8 Å². The topological polar surface area (TPSA) is 21.3 Å². The van der Waals surface area contributed by atoms with E-state index in [2.05, 4.69) is 44.3 Å². The van der Waals surface area contributed by atoms with Crippen molar-refractivity contribution in [3.63, 3.8) is 0 Å². The SMILES string of the molecule is CCNC(COC1CCCCCC1)c1ccc(C)c(C)c1. The summed E-state index contributed by atoms with van der Waals surface area (Å²) in [6.45, 7) is 8.30. The van der Waals surface area contributed by atoms with Gasteiger partial charge in [0.05, 0.1) is 18.8 Å². The third kappa shape index (κ3) is 5.12. The summed E-state index contributed by atoms with van der Waals surface area (Å²) in [5.74, 6) is 0. The van der Waals surface area contributed by atoms with Gasteiger partial charge in [0.2, 0.25) is 0 Å². The van der Waals surface area contributed by atoms with Crippen LogP contribution in [0.25, 0.3) is 0 Å². The lowest BCUT2D eigenvalue weighted by Crippen LogP contribution is -2.28. The average molecular weight is 289 g/mol. The normalized spacial score (nSPS) is 18.4. The van der Waals surface area contributed by atoms with Crippen LogP contribution in [0.4, 0.5) is 0 Å². The first-order chi connectivity index (χ1) is 10.2. The zero-order valence-electron chi connectivity index (χ0n) is 14.0. The summed E-state index contributed by atoms with van der Waals surface area (Å²) in [5.41, 5.74) is 4.08. The lowest BCUT2D eigenvalue weighted by Gasteiger charge is -2.23. The van der Waals surface area contributed by atoms with Crippen LogP contribution in [0.5, 0.6) is 0 Å². The number of likely N-dealkylation sites (N-methyl/N-ethyl adjacent to an activating group) is 1. The predicted octanol–water partition coefficient (Wildman–Crippen LogP) is 4.69. The monoisotopic (exact) mass is 289 g/mol. The predicted molar refractivity (Wildman–Crippen MR) is 89.8 cm³/mol. The Labute approximate surface area is 130 Å². The van der Waals surface area contributed by atoms with Gasteiger partial charge in [0.25, 0.3) is 0 Å². The molecule has 1 aromatic rings. The molecule has 0 aromatic heterocycles. The first kappa shape index (κ1) is 16.5. The fourth-order valence-electron chi connectivity index (χ4n) is 3.14. The number of benzene rings is 1. The van der Waals surface area contributed by atoms with E-state index >= 15 is 0 Å². The second kappa shape index (κ2) is 8.55. The van der Waals surface area contributed by atoms with E-state index in [0.717, 1.165) is 13.2 Å². The minimum atomic E-state index is 0.317. The Hall–Kier alpha value is -0.860. The van der Waals surface area contributed by atoms with Crippen molar-refractivity contribution >= 4 is 0 Å². The molecule has 1 unspecified atom stereocenters. The van der Waals surface area contributed by atoms with E-state index in [0.29, 0.717) is 12.1 Å². The van der Waals surface area contributed by atoms with E-state index in [1.54, 1.807) is 0 Å². The zero-order chi connectivity index (χ0) is 15.1. The van der Waals surface area contributed by atoms with Crippen molar-refractivity contribution in [3.05, 3.63) is 34.9 Å². The van der Waals surface area contributed by atoms with Crippen molar-refractivity contribution < 1.29 is 4.74 Å². The molecule has 1 N–H and O–H groups in total. The number of hydrogen-bond donors (Lipinski definition) is 1. The van der Waals surface area contributed by atoms with Gasteiger partial charge in [-0.2, -0.15) is 0 Å². The highest BCUT2D eigenvalue weighted by Gasteiger charge is 2.17. The maximum absolute atomic E-state index is 6.24. The number of rotatable bonds is 6. The molecule has 0 heterocycles. The van der Waals surface area contributed by atoms with Gasteiger partial charge < -0.3 is 10.1 Å². The third-order valence-corrected chi connectivity index (χ3v) is 4.68. The quantitative estimate of drug-likeness (QED) is 0.767. The molecule has 0 aliphatic heterocycles. The fourth-order valence-corrected chi connectivity index (χ4v) is 3.14. The maximum atomic E-state index is 6.24. The summed E-state index contributed by atoms with van der Waals surface area (Å²) >= 11 is 0. The van der Waals surface area contributed by atoms with E-state index in [1.165, 1.54) is 55.2 Å². The minimum absolute atomic E-state index is 0.317. The Balaban J connectivity index is 1.95. The molecule has 0 bridgehead atoms. The number of aryl methyl sites for hydroxylation is 2. The molecule has 2 heteroatoms. The first-order valence-corrected chi connectivity index (χ1v) is 8.63. The Kier molecular flexibility index (Phi) is 6.72. The van der Waals surface area contributed by atoms with E-state index in [1.807, 2.05) is 0 Å². The molecule has 0 saturated heterocycles. The van der Waals surface area contributed by atoms with Gasteiger partial charge in [-0.3, -0.25) is 0 Å². The summed E-state index contributed by atoms with van der Waals surface area (Å²) in [6, 6.07) is 7.09. The van der Waals surface area contributed by atoms with Gasteiger partial charge in [-0.1, -0.05) is 50.8 Å². The molecule has 118 valence electrons. The molecule has 1 aliphatic carbocycles. The van der Waals surface area contributed by atoms with E-state index in [-0.39, 0.29) is 0 Å². The zero-order valence-corrected chi connectivity index (χ0v) is 14.0. The van der Waals surface area contributed by atoms with Gasteiger partial charge >= 0.3 is 0 Å². The van der Waals surface area contributed by atoms with Crippen LogP contribution in [0.3, 0.4) is 0 Å². The summed E-state index contributed by atoms with van der Waals surface area (Å²) in [5, 5.41) is 3.58. The Morgan fingerprint density at radius 3 is 2.43 bits per heavy atom. The highest BCUT2D eigenvalue weighted by Crippen LogP contribution is 2.23. The molecule has 1 aliphatic rings. The Morgan fingerprint density at radius 1 is 1.10 bits per heavy atom. The minimum Gasteiger partial charge on any atom is -0.376 e. The molecule has 1 fully saturated rings. The standard InChI is InChI=1S/C19H31NO/c1-4-20-19(17-12-11-15(2)16(3)13-17)14-21-18-9-7-5-6-8-10-18/h11-13,18-20H,4-10,14H2,1-3H3. The highest BCUT2D eigenvalue weighted by molar-refractivity contribution is 5.31. The molecule has 2 rings (SSSR count). The van der Waals surface area contributed by atoms with Crippen LogP contribution in [0.2, 0.25) is 0 Å². The molecular formula is C19H31NO. The Morgan fingerprint density at radius 2 is 1.81 bits per heavy atom. The van der Waals surface area contributed by atoms with E-state index in [9.17, 15) is 0 Å². The van der Waals surface area contributed by atoms with Gasteiger partial charge in [-0.15, -0.1) is 0 Å². The fraction of sp³-hybridized carbons (Fsp3) is 0.684. The lowest BCUT2D eigenvalue weighted by atomic mass is 10.0. The van der Waals surface area contributed by atoms with Crippen molar-refractivity contribution in [2.75, 3.05) is 13.2 Å². The molecule has 2 nitrogen and oxygen atoms in total. The lowest BCUT2D eigenvalue weighted by molar-refractivity contribution is 0.0291. The van der Waals surface area contributed by atoms with Gasteiger partial charge in [-0.05, 0) is 49.9 Å². The van der Waals surface area contributed by atoms with Gasteiger partial charge in [0.15, 0.2) is 0 Å². The summed E-state index contributed by atoms with van der Waals surface area (Å²) < 4.78 is 6.24. The van der Waals surface area contributed by atoms with Crippen molar-refractivity contribution in [3.8, 4) is 0 Å². The van der Waals surface area contributed by atoms with Gasteiger partial charge in [-0.25, -0.2) is 0 Å². The largest absolute Gasteiger partial charge is 0.376 e. The maximum Gasteiger partial charge on any atom is 0.0665 e. The smallest absolute Gasteiger partial charge is 0.0665 e. The number of ether oxygens (including phenoxy) is 1.